The van der Waals surface area contributed by atoms with Gasteiger partial charge in [0.05, 0.1) is 18.8 Å². The molecule has 0 heterocycles. The van der Waals surface area contributed by atoms with E-state index >= 15 is 0 Å². The number of azide groups is 1. The van der Waals surface area contributed by atoms with Gasteiger partial charge in [0.2, 0.25) is 0 Å². The highest BCUT2D eigenvalue weighted by Crippen LogP contribution is 2.40. The molecule has 0 saturated heterocycles. The lowest BCUT2D eigenvalue weighted by Crippen LogP contribution is -2.43. The number of halogens is 1. The van der Waals surface area contributed by atoms with Gasteiger partial charge in [-0.05, 0) is 48.5 Å². The first-order valence-corrected chi connectivity index (χ1v) is 12.6. The Morgan fingerprint density at radius 3 is 2.48 bits per heavy atom. The highest BCUT2D eigenvalue weighted by atomic mass is 28.4. The number of rotatable bonds is 7. The Balaban J connectivity index is 2.06. The second kappa shape index (κ2) is 9.19. The van der Waals surface area contributed by atoms with Crippen molar-refractivity contribution in [3.8, 4) is 0 Å². The molecule has 1 fully saturated rings. The molecule has 1 saturated carbocycles. The minimum Gasteiger partial charge on any atom is -0.408 e. The Kier molecular flexibility index (Phi) is 7.45. The van der Waals surface area contributed by atoms with Crippen LogP contribution >= 0.6 is 0 Å². The van der Waals surface area contributed by atoms with Gasteiger partial charge >= 0.3 is 0 Å². The minimum absolute atomic E-state index is 0.0794. The zero-order valence-corrected chi connectivity index (χ0v) is 18.1. The second-order valence-electron chi connectivity index (χ2n) is 8.84. The fourth-order valence-corrected chi connectivity index (χ4v) is 4.31. The number of hydrogen-bond donors (Lipinski definition) is 0. The summed E-state index contributed by atoms with van der Waals surface area (Å²) in [6.45, 7) is 11.4. The molecular weight excluding hydrogens is 361 g/mol. The number of benzene rings is 1. The zero-order chi connectivity index (χ0) is 20.1. The second-order valence-corrected chi connectivity index (χ2v) is 13.6. The van der Waals surface area contributed by atoms with Crippen molar-refractivity contribution >= 4 is 8.32 Å². The summed E-state index contributed by atoms with van der Waals surface area (Å²) in [5, 5.41) is 3.73. The summed E-state index contributed by atoms with van der Waals surface area (Å²) in [4.78, 5) is 2.80. The zero-order valence-electron chi connectivity index (χ0n) is 17.1. The van der Waals surface area contributed by atoms with Crippen LogP contribution in [0.15, 0.2) is 35.4 Å². The lowest BCUT2D eigenvalue weighted by Gasteiger charge is -2.40. The average Bonchev–Trinajstić information content (AvgIpc) is 2.60. The SMILES string of the molecule is CC(C)(C)[Si](C)(C)OC(COC1CCC(N=[N+]=[N-])CC1F)c1ccccc1. The summed E-state index contributed by atoms with van der Waals surface area (Å²) in [6.07, 6.45) is -0.341. The van der Waals surface area contributed by atoms with Crippen molar-refractivity contribution in [2.24, 2.45) is 5.11 Å². The maximum absolute atomic E-state index is 14.5. The van der Waals surface area contributed by atoms with Gasteiger partial charge in [0.1, 0.15) is 6.17 Å². The molecule has 0 N–H and O–H groups in total. The van der Waals surface area contributed by atoms with Crippen molar-refractivity contribution in [2.75, 3.05) is 6.61 Å². The normalized spacial score (nSPS) is 24.9. The number of ether oxygens (including phenoxy) is 1. The molecule has 0 radical (unpaired) electrons. The van der Waals surface area contributed by atoms with Crippen molar-refractivity contribution in [2.45, 2.75) is 82.6 Å². The van der Waals surface area contributed by atoms with E-state index in [1.54, 1.807) is 0 Å². The van der Waals surface area contributed by atoms with Gasteiger partial charge in [-0.2, -0.15) is 0 Å². The van der Waals surface area contributed by atoms with Crippen LogP contribution in [0.1, 0.15) is 51.7 Å². The van der Waals surface area contributed by atoms with Crippen molar-refractivity contribution in [3.63, 3.8) is 0 Å². The van der Waals surface area contributed by atoms with Gasteiger partial charge in [0, 0.05) is 11.0 Å². The van der Waals surface area contributed by atoms with E-state index in [-0.39, 0.29) is 23.6 Å². The van der Waals surface area contributed by atoms with E-state index < -0.39 is 20.6 Å². The van der Waals surface area contributed by atoms with Gasteiger partial charge < -0.3 is 9.16 Å². The van der Waals surface area contributed by atoms with Crippen molar-refractivity contribution in [1.82, 2.24) is 0 Å². The third kappa shape index (κ3) is 6.04. The molecule has 1 aromatic carbocycles. The fourth-order valence-electron chi connectivity index (χ4n) is 3.04. The van der Waals surface area contributed by atoms with Crippen LogP contribution in [0.5, 0.6) is 0 Å². The van der Waals surface area contributed by atoms with Gasteiger partial charge in [-0.15, -0.1) is 0 Å². The molecule has 2 rings (SSSR count). The summed E-state index contributed by atoms with van der Waals surface area (Å²) >= 11 is 0. The van der Waals surface area contributed by atoms with Crippen molar-refractivity contribution in [3.05, 3.63) is 46.3 Å². The first-order valence-electron chi connectivity index (χ1n) is 9.66. The summed E-state index contributed by atoms with van der Waals surface area (Å²) in [6, 6.07) is 9.75. The van der Waals surface area contributed by atoms with Crippen LogP contribution in [0, 0.1) is 0 Å². The standard InChI is InChI=1S/C20H32FN3O2Si/c1-20(2,3)27(4,5)26-19(15-9-7-6-8-10-15)14-25-18-12-11-16(23-24-22)13-17(18)21/h6-10,16-19H,11-14H2,1-5H3. The Hall–Kier alpha value is -1.40. The maximum atomic E-state index is 14.5. The summed E-state index contributed by atoms with van der Waals surface area (Å²) in [5.41, 5.74) is 9.59. The minimum atomic E-state index is -2.01. The van der Waals surface area contributed by atoms with Crippen molar-refractivity contribution < 1.29 is 13.6 Å². The average molecular weight is 394 g/mol. The quantitative estimate of drug-likeness (QED) is 0.235. The predicted octanol–water partition coefficient (Wildman–Crippen LogP) is 6.34. The third-order valence-corrected chi connectivity index (χ3v) is 10.3. The fraction of sp³-hybridized carbons (Fsp3) is 0.700. The topological polar surface area (TPSA) is 67.2 Å². The third-order valence-electron chi connectivity index (χ3n) is 5.78. The molecule has 5 nitrogen and oxygen atoms in total. The molecule has 0 aliphatic heterocycles. The lowest BCUT2D eigenvalue weighted by atomic mass is 9.92. The molecule has 1 aromatic rings. The van der Waals surface area contributed by atoms with E-state index in [1.807, 2.05) is 30.3 Å². The molecule has 4 unspecified atom stereocenters. The molecule has 1 aliphatic carbocycles. The molecule has 0 spiro atoms. The molecule has 150 valence electrons. The van der Waals surface area contributed by atoms with E-state index in [1.165, 1.54) is 0 Å². The Labute approximate surface area is 163 Å². The Morgan fingerprint density at radius 1 is 1.26 bits per heavy atom. The largest absolute Gasteiger partial charge is 0.408 e. The predicted molar refractivity (Wildman–Crippen MR) is 109 cm³/mol. The van der Waals surface area contributed by atoms with E-state index in [9.17, 15) is 4.39 Å². The summed E-state index contributed by atoms with van der Waals surface area (Å²) in [7, 11) is -2.01. The first kappa shape index (κ1) is 21.9. The van der Waals surface area contributed by atoms with Crippen LogP contribution < -0.4 is 0 Å². The van der Waals surface area contributed by atoms with Crippen LogP contribution in [-0.4, -0.2) is 33.2 Å². The van der Waals surface area contributed by atoms with Gasteiger partial charge in [-0.3, -0.25) is 0 Å². The van der Waals surface area contributed by atoms with Crippen LogP contribution in [0.25, 0.3) is 10.4 Å². The van der Waals surface area contributed by atoms with Gasteiger partial charge in [-0.25, -0.2) is 4.39 Å². The van der Waals surface area contributed by atoms with E-state index in [4.69, 9.17) is 14.7 Å². The van der Waals surface area contributed by atoms with Gasteiger partial charge in [-0.1, -0.05) is 56.2 Å². The molecular formula is C20H32FN3O2Si. The molecule has 0 amide bonds. The Bertz CT molecular complexity index is 644. The molecule has 1 aliphatic rings. The highest BCUT2D eigenvalue weighted by Gasteiger charge is 2.40. The van der Waals surface area contributed by atoms with E-state index in [0.717, 1.165) is 5.56 Å². The maximum Gasteiger partial charge on any atom is 0.193 e. The van der Waals surface area contributed by atoms with Crippen LogP contribution in [0.3, 0.4) is 0 Å². The number of nitrogens with zero attached hydrogens (tertiary/aromatic N) is 3. The molecule has 7 heteroatoms. The Morgan fingerprint density at radius 2 is 1.93 bits per heavy atom. The monoisotopic (exact) mass is 393 g/mol. The van der Waals surface area contributed by atoms with Crippen molar-refractivity contribution in [1.29, 1.82) is 0 Å². The smallest absolute Gasteiger partial charge is 0.193 e. The number of alkyl halides is 1. The summed E-state index contributed by atoms with van der Waals surface area (Å²) < 4.78 is 27.0. The molecule has 0 bridgehead atoms. The van der Waals surface area contributed by atoms with Crippen LogP contribution in [-0.2, 0) is 9.16 Å². The molecule has 27 heavy (non-hydrogen) atoms. The molecule has 4 atom stereocenters. The van der Waals surface area contributed by atoms with E-state index in [2.05, 4.69) is 43.9 Å². The van der Waals surface area contributed by atoms with Gasteiger partial charge in [0.15, 0.2) is 8.32 Å². The van der Waals surface area contributed by atoms with E-state index in [0.29, 0.717) is 19.4 Å². The van der Waals surface area contributed by atoms with Crippen LogP contribution in [0.2, 0.25) is 18.1 Å². The number of hydrogen-bond acceptors (Lipinski definition) is 3. The van der Waals surface area contributed by atoms with Crippen LogP contribution in [0.4, 0.5) is 4.39 Å². The molecule has 0 aromatic heterocycles. The first-order chi connectivity index (χ1) is 12.6. The summed E-state index contributed by atoms with van der Waals surface area (Å²) in [5.74, 6) is 0. The highest BCUT2D eigenvalue weighted by molar-refractivity contribution is 6.74. The van der Waals surface area contributed by atoms with Gasteiger partial charge in [0.25, 0.3) is 0 Å². The lowest BCUT2D eigenvalue weighted by molar-refractivity contribution is -0.0584.